The van der Waals surface area contributed by atoms with E-state index in [9.17, 15) is 13.2 Å². The van der Waals surface area contributed by atoms with Crippen molar-refractivity contribution in [3.8, 4) is 0 Å². The molecule has 9 nitrogen and oxygen atoms in total. The average molecular weight is 434 g/mol. The van der Waals surface area contributed by atoms with Gasteiger partial charge in [0, 0.05) is 30.3 Å². The van der Waals surface area contributed by atoms with E-state index in [2.05, 4.69) is 25.6 Å². The Balaban J connectivity index is 1.37. The van der Waals surface area contributed by atoms with Gasteiger partial charge < -0.3 is 15.4 Å². The highest BCUT2D eigenvalue weighted by Crippen LogP contribution is 2.35. The SMILES string of the molecule is CC(C)NC(=O)OC1CCC(c2cc(Nc3cccc4c3S(=O)(=O)NC4)n[nH]2)CC1. The van der Waals surface area contributed by atoms with Crippen LogP contribution in [-0.4, -0.2) is 36.9 Å². The highest BCUT2D eigenvalue weighted by Gasteiger charge is 2.29. The molecule has 0 spiro atoms. The van der Waals surface area contributed by atoms with E-state index in [-0.39, 0.29) is 23.1 Å². The van der Waals surface area contributed by atoms with E-state index in [0.29, 0.717) is 24.0 Å². The molecule has 4 N–H and O–H groups in total. The number of carbonyl (C=O) groups is 1. The highest BCUT2D eigenvalue weighted by atomic mass is 32.2. The lowest BCUT2D eigenvalue weighted by Gasteiger charge is -2.27. The zero-order valence-corrected chi connectivity index (χ0v) is 17.9. The maximum absolute atomic E-state index is 12.3. The number of amides is 1. The summed E-state index contributed by atoms with van der Waals surface area (Å²) in [6.07, 6.45) is 2.95. The first kappa shape index (κ1) is 20.7. The molecule has 1 saturated carbocycles. The van der Waals surface area contributed by atoms with Gasteiger partial charge >= 0.3 is 6.09 Å². The summed E-state index contributed by atoms with van der Waals surface area (Å²) in [5, 5.41) is 13.3. The third kappa shape index (κ3) is 4.44. The molecule has 0 unspecified atom stereocenters. The predicted octanol–water partition coefficient (Wildman–Crippen LogP) is 3.11. The number of ether oxygens (including phenoxy) is 1. The molecular weight excluding hydrogens is 406 g/mol. The second-order valence-corrected chi connectivity index (χ2v) is 9.83. The standard InChI is InChI=1S/C20H27N5O4S/c1-12(2)22-20(26)29-15-8-6-13(7-9-15)17-10-18(25-24-17)23-16-5-3-4-14-11-21-30(27,28)19(14)16/h3-5,10,12-13,15,21H,6-9,11H2,1-2H3,(H,22,26)(H2,23,24,25). The summed E-state index contributed by atoms with van der Waals surface area (Å²) >= 11 is 0. The topological polar surface area (TPSA) is 125 Å². The molecule has 1 aliphatic carbocycles. The first-order valence-corrected chi connectivity index (χ1v) is 11.7. The summed E-state index contributed by atoms with van der Waals surface area (Å²) in [6, 6.07) is 7.35. The van der Waals surface area contributed by atoms with Crippen molar-refractivity contribution in [3.05, 3.63) is 35.5 Å². The first-order valence-electron chi connectivity index (χ1n) is 10.2. The molecule has 2 heterocycles. The summed E-state index contributed by atoms with van der Waals surface area (Å²) in [5.41, 5.74) is 2.26. The number of rotatable bonds is 5. The van der Waals surface area contributed by atoms with E-state index in [1.165, 1.54) is 0 Å². The van der Waals surface area contributed by atoms with Crippen molar-refractivity contribution < 1.29 is 17.9 Å². The Morgan fingerprint density at radius 1 is 1.23 bits per heavy atom. The van der Waals surface area contributed by atoms with Crippen molar-refractivity contribution in [2.45, 2.75) is 69.0 Å². The second-order valence-electron chi connectivity index (χ2n) is 8.13. The minimum atomic E-state index is -3.49. The van der Waals surface area contributed by atoms with Crippen molar-refractivity contribution in [3.63, 3.8) is 0 Å². The zero-order chi connectivity index (χ0) is 21.3. The van der Waals surface area contributed by atoms with Crippen molar-refractivity contribution in [1.82, 2.24) is 20.2 Å². The van der Waals surface area contributed by atoms with Crippen molar-refractivity contribution in [1.29, 1.82) is 0 Å². The molecule has 1 fully saturated rings. The number of carbonyl (C=O) groups excluding carboxylic acids is 1. The third-order valence-corrected chi connectivity index (χ3v) is 7.02. The zero-order valence-electron chi connectivity index (χ0n) is 17.1. The fraction of sp³-hybridized carbons (Fsp3) is 0.500. The summed E-state index contributed by atoms with van der Waals surface area (Å²) in [5.74, 6) is 0.878. The molecule has 2 aromatic rings. The van der Waals surface area contributed by atoms with Gasteiger partial charge in [-0.2, -0.15) is 5.10 Å². The minimum Gasteiger partial charge on any atom is -0.446 e. The van der Waals surface area contributed by atoms with Crippen LogP contribution < -0.4 is 15.4 Å². The Morgan fingerprint density at radius 3 is 2.73 bits per heavy atom. The lowest BCUT2D eigenvalue weighted by atomic mass is 9.85. The molecule has 0 bridgehead atoms. The van der Waals surface area contributed by atoms with Gasteiger partial charge in [-0.1, -0.05) is 12.1 Å². The number of fused-ring (bicyclic) bond motifs is 1. The molecule has 0 saturated heterocycles. The van der Waals surface area contributed by atoms with E-state index in [0.717, 1.165) is 36.9 Å². The fourth-order valence-electron chi connectivity index (χ4n) is 4.05. The van der Waals surface area contributed by atoms with E-state index in [4.69, 9.17) is 4.74 Å². The summed E-state index contributed by atoms with van der Waals surface area (Å²) in [7, 11) is -3.49. The van der Waals surface area contributed by atoms with Gasteiger partial charge in [-0.25, -0.2) is 17.9 Å². The van der Waals surface area contributed by atoms with Gasteiger partial charge in [-0.15, -0.1) is 0 Å². The maximum atomic E-state index is 12.3. The summed E-state index contributed by atoms with van der Waals surface area (Å²) in [6.45, 7) is 4.11. The Hall–Kier alpha value is -2.59. The second kappa shape index (κ2) is 8.27. The Kier molecular flexibility index (Phi) is 5.70. The smallest absolute Gasteiger partial charge is 0.407 e. The van der Waals surface area contributed by atoms with Crippen LogP contribution in [0.25, 0.3) is 0 Å². The van der Waals surface area contributed by atoms with Crippen LogP contribution in [0.4, 0.5) is 16.3 Å². The lowest BCUT2D eigenvalue weighted by molar-refractivity contribution is 0.0697. The normalized spacial score (nSPS) is 22.5. The van der Waals surface area contributed by atoms with Gasteiger partial charge in [0.25, 0.3) is 0 Å². The molecule has 1 aromatic heterocycles. The van der Waals surface area contributed by atoms with Crippen LogP contribution in [0.1, 0.15) is 56.7 Å². The molecule has 4 rings (SSSR count). The molecule has 0 radical (unpaired) electrons. The Bertz CT molecular complexity index is 1030. The predicted molar refractivity (Wildman–Crippen MR) is 112 cm³/mol. The Morgan fingerprint density at radius 2 is 2.00 bits per heavy atom. The maximum Gasteiger partial charge on any atom is 0.407 e. The van der Waals surface area contributed by atoms with Crippen LogP contribution in [0.5, 0.6) is 0 Å². The highest BCUT2D eigenvalue weighted by molar-refractivity contribution is 7.90. The summed E-state index contributed by atoms with van der Waals surface area (Å²) in [4.78, 5) is 12.1. The van der Waals surface area contributed by atoms with Crippen molar-refractivity contribution in [2.24, 2.45) is 0 Å². The van der Waals surface area contributed by atoms with Crippen LogP contribution in [0.15, 0.2) is 29.2 Å². The number of H-pyrrole nitrogens is 1. The van der Waals surface area contributed by atoms with Crippen molar-refractivity contribution in [2.75, 3.05) is 5.32 Å². The molecule has 2 aliphatic rings. The lowest BCUT2D eigenvalue weighted by Crippen LogP contribution is -2.34. The quantitative estimate of drug-likeness (QED) is 0.574. The number of aromatic amines is 1. The van der Waals surface area contributed by atoms with Crippen LogP contribution >= 0.6 is 0 Å². The molecule has 162 valence electrons. The van der Waals surface area contributed by atoms with Gasteiger partial charge in [0.05, 0.1) is 5.69 Å². The number of hydrogen-bond acceptors (Lipinski definition) is 6. The van der Waals surface area contributed by atoms with E-state index >= 15 is 0 Å². The number of hydrogen-bond donors (Lipinski definition) is 4. The summed E-state index contributed by atoms with van der Waals surface area (Å²) < 4.78 is 32.5. The molecule has 0 atom stereocenters. The van der Waals surface area contributed by atoms with Gasteiger partial charge in [0.2, 0.25) is 10.0 Å². The number of nitrogens with one attached hydrogen (secondary N) is 4. The fourth-order valence-corrected chi connectivity index (χ4v) is 5.43. The third-order valence-electron chi connectivity index (χ3n) is 5.47. The molecule has 30 heavy (non-hydrogen) atoms. The average Bonchev–Trinajstić information content (AvgIpc) is 3.27. The van der Waals surface area contributed by atoms with Gasteiger partial charge in [-0.3, -0.25) is 5.10 Å². The number of alkyl carbamates (subject to hydrolysis) is 1. The van der Waals surface area contributed by atoms with Crippen LogP contribution in [-0.2, 0) is 21.3 Å². The molecule has 10 heteroatoms. The monoisotopic (exact) mass is 433 g/mol. The van der Waals surface area contributed by atoms with E-state index in [1.807, 2.05) is 26.0 Å². The van der Waals surface area contributed by atoms with Crippen LogP contribution in [0, 0.1) is 0 Å². The molecule has 1 aromatic carbocycles. The molecule has 1 amide bonds. The number of aromatic nitrogens is 2. The van der Waals surface area contributed by atoms with Crippen molar-refractivity contribution >= 4 is 27.6 Å². The Labute approximate surface area is 176 Å². The van der Waals surface area contributed by atoms with Gasteiger partial charge in [0.15, 0.2) is 5.82 Å². The number of anilines is 2. The number of sulfonamides is 1. The number of benzene rings is 1. The first-order chi connectivity index (χ1) is 14.3. The minimum absolute atomic E-state index is 0.0568. The van der Waals surface area contributed by atoms with E-state index in [1.54, 1.807) is 12.1 Å². The van der Waals surface area contributed by atoms with Gasteiger partial charge in [-0.05, 0) is 51.2 Å². The largest absolute Gasteiger partial charge is 0.446 e. The molecule has 1 aliphatic heterocycles. The van der Waals surface area contributed by atoms with Crippen LogP contribution in [0.3, 0.4) is 0 Å². The van der Waals surface area contributed by atoms with Gasteiger partial charge in [0.1, 0.15) is 11.0 Å². The molecular formula is C20H27N5O4S. The van der Waals surface area contributed by atoms with E-state index < -0.39 is 10.0 Å². The number of nitrogens with zero attached hydrogens (tertiary/aromatic N) is 1. The van der Waals surface area contributed by atoms with Crippen LogP contribution in [0.2, 0.25) is 0 Å².